The van der Waals surface area contributed by atoms with Gasteiger partial charge in [0.25, 0.3) is 0 Å². The molecule has 1 aliphatic rings. The molecule has 3 heteroatoms. The van der Waals surface area contributed by atoms with E-state index in [1.165, 1.54) is 19.3 Å². The van der Waals surface area contributed by atoms with E-state index in [2.05, 4.69) is 18.7 Å². The van der Waals surface area contributed by atoms with E-state index in [0.29, 0.717) is 18.6 Å². The highest BCUT2D eigenvalue weighted by atomic mass is 16.3. The molecular weight excluding hydrogens is 236 g/mol. The topological polar surface area (TPSA) is 49.5 Å². The minimum atomic E-state index is -0.401. The number of aliphatic hydroxyl groups is 1. The molecule has 3 nitrogen and oxygen atoms in total. The molecule has 2 rings (SSSR count). The summed E-state index contributed by atoms with van der Waals surface area (Å²) in [7, 11) is 0. The van der Waals surface area contributed by atoms with E-state index < -0.39 is 6.10 Å². The Morgan fingerprint density at radius 1 is 1.32 bits per heavy atom. The number of aliphatic hydroxyl groups excluding tert-OH is 1. The molecule has 3 unspecified atom stereocenters. The Bertz CT molecular complexity index is 390. The Hall–Kier alpha value is -0.900. The molecule has 1 heterocycles. The van der Waals surface area contributed by atoms with Crippen molar-refractivity contribution in [1.82, 2.24) is 4.90 Å². The molecule has 1 aromatic rings. The molecule has 0 spiro atoms. The van der Waals surface area contributed by atoms with E-state index in [0.717, 1.165) is 17.7 Å². The van der Waals surface area contributed by atoms with Crippen molar-refractivity contribution >= 4 is 0 Å². The number of rotatable bonds is 5. The number of β-amino-alcohol motifs (C(OH)–C–C–N with tert-alkyl or cyclic N) is 1. The molecule has 1 saturated heterocycles. The quantitative estimate of drug-likeness (QED) is 0.857. The van der Waals surface area contributed by atoms with E-state index in [-0.39, 0.29) is 0 Å². The van der Waals surface area contributed by atoms with Gasteiger partial charge >= 0.3 is 0 Å². The molecule has 0 aliphatic carbocycles. The Kier molecular flexibility index (Phi) is 4.97. The first-order valence-corrected chi connectivity index (χ1v) is 7.38. The average molecular weight is 262 g/mol. The van der Waals surface area contributed by atoms with Gasteiger partial charge in [-0.1, -0.05) is 31.2 Å². The van der Waals surface area contributed by atoms with Crippen molar-refractivity contribution in [2.24, 2.45) is 5.73 Å². The number of nitrogens with zero attached hydrogens (tertiary/aromatic N) is 1. The van der Waals surface area contributed by atoms with Crippen LogP contribution in [0.2, 0.25) is 0 Å². The lowest BCUT2D eigenvalue weighted by atomic mass is 10.1. The summed E-state index contributed by atoms with van der Waals surface area (Å²) < 4.78 is 0. The Morgan fingerprint density at radius 2 is 2.00 bits per heavy atom. The second kappa shape index (κ2) is 6.51. The lowest BCUT2D eigenvalue weighted by Crippen LogP contribution is -2.37. The van der Waals surface area contributed by atoms with Crippen LogP contribution in [0.1, 0.15) is 50.3 Å². The standard InChI is InChI=1S/C16H26N2O/c1-3-15-9-4-12(2)18(15)11-16(19)14-7-5-13(10-17)6-8-14/h5-8,12,15-16,19H,3-4,9-11,17H2,1-2H3. The van der Waals surface area contributed by atoms with Crippen LogP contribution in [-0.2, 0) is 6.54 Å². The summed E-state index contributed by atoms with van der Waals surface area (Å²) >= 11 is 0. The van der Waals surface area contributed by atoms with E-state index in [1.807, 2.05) is 24.3 Å². The maximum atomic E-state index is 10.4. The summed E-state index contributed by atoms with van der Waals surface area (Å²) in [6.07, 6.45) is 3.28. The largest absolute Gasteiger partial charge is 0.387 e. The van der Waals surface area contributed by atoms with Gasteiger partial charge in [-0.3, -0.25) is 4.90 Å². The van der Waals surface area contributed by atoms with Gasteiger partial charge in [-0.15, -0.1) is 0 Å². The van der Waals surface area contributed by atoms with Crippen LogP contribution in [0, 0.1) is 0 Å². The minimum Gasteiger partial charge on any atom is -0.387 e. The third-order valence-corrected chi connectivity index (χ3v) is 4.41. The number of benzene rings is 1. The van der Waals surface area contributed by atoms with Gasteiger partial charge in [0, 0.05) is 25.2 Å². The van der Waals surface area contributed by atoms with E-state index >= 15 is 0 Å². The van der Waals surface area contributed by atoms with E-state index in [1.54, 1.807) is 0 Å². The van der Waals surface area contributed by atoms with Crippen molar-refractivity contribution in [2.75, 3.05) is 6.54 Å². The zero-order valence-corrected chi connectivity index (χ0v) is 12.0. The summed E-state index contributed by atoms with van der Waals surface area (Å²) in [5, 5.41) is 10.4. The predicted octanol–water partition coefficient (Wildman–Crippen LogP) is 2.44. The van der Waals surface area contributed by atoms with Gasteiger partial charge < -0.3 is 10.8 Å². The van der Waals surface area contributed by atoms with Gasteiger partial charge in [0.1, 0.15) is 0 Å². The van der Waals surface area contributed by atoms with Crippen LogP contribution in [0.3, 0.4) is 0 Å². The number of likely N-dealkylation sites (tertiary alicyclic amines) is 1. The molecule has 1 fully saturated rings. The molecular formula is C16H26N2O. The van der Waals surface area contributed by atoms with Crippen molar-refractivity contribution in [1.29, 1.82) is 0 Å². The Balaban J connectivity index is 2.01. The molecule has 0 bridgehead atoms. The molecule has 106 valence electrons. The molecule has 3 atom stereocenters. The van der Waals surface area contributed by atoms with Crippen molar-refractivity contribution < 1.29 is 5.11 Å². The van der Waals surface area contributed by atoms with Gasteiger partial charge in [-0.25, -0.2) is 0 Å². The lowest BCUT2D eigenvalue weighted by Gasteiger charge is -2.30. The molecule has 0 saturated carbocycles. The number of hydrogen-bond donors (Lipinski definition) is 2. The normalized spacial score (nSPS) is 25.7. The van der Waals surface area contributed by atoms with Gasteiger partial charge in [0.05, 0.1) is 6.10 Å². The van der Waals surface area contributed by atoms with Crippen LogP contribution >= 0.6 is 0 Å². The summed E-state index contributed by atoms with van der Waals surface area (Å²) in [5.74, 6) is 0. The molecule has 1 aromatic carbocycles. The first-order chi connectivity index (χ1) is 9.15. The predicted molar refractivity (Wildman–Crippen MR) is 78.8 cm³/mol. The van der Waals surface area contributed by atoms with E-state index in [9.17, 15) is 5.11 Å². The smallest absolute Gasteiger partial charge is 0.0917 e. The first-order valence-electron chi connectivity index (χ1n) is 7.38. The SMILES string of the molecule is CCC1CCC(C)N1CC(O)c1ccc(CN)cc1. The fourth-order valence-corrected chi connectivity index (χ4v) is 3.07. The summed E-state index contributed by atoms with van der Waals surface area (Å²) in [6, 6.07) is 9.21. The van der Waals surface area contributed by atoms with Crippen LogP contribution in [0.25, 0.3) is 0 Å². The first kappa shape index (κ1) is 14.5. The van der Waals surface area contributed by atoms with Gasteiger partial charge in [-0.05, 0) is 37.3 Å². The summed E-state index contributed by atoms with van der Waals surface area (Å²) in [5.41, 5.74) is 7.69. The Morgan fingerprint density at radius 3 is 2.58 bits per heavy atom. The summed E-state index contributed by atoms with van der Waals surface area (Å²) in [6.45, 7) is 5.79. The zero-order chi connectivity index (χ0) is 13.8. The van der Waals surface area contributed by atoms with Crippen LogP contribution < -0.4 is 5.73 Å². The fourth-order valence-electron chi connectivity index (χ4n) is 3.07. The van der Waals surface area contributed by atoms with Crippen LogP contribution in [0.5, 0.6) is 0 Å². The maximum Gasteiger partial charge on any atom is 0.0917 e. The average Bonchev–Trinajstić information content (AvgIpc) is 2.79. The van der Waals surface area contributed by atoms with Crippen LogP contribution in [0.15, 0.2) is 24.3 Å². The summed E-state index contributed by atoms with van der Waals surface area (Å²) in [4.78, 5) is 2.46. The third-order valence-electron chi connectivity index (χ3n) is 4.41. The van der Waals surface area contributed by atoms with Crippen molar-refractivity contribution in [3.8, 4) is 0 Å². The van der Waals surface area contributed by atoms with Crippen molar-refractivity contribution in [3.63, 3.8) is 0 Å². The molecule has 3 N–H and O–H groups in total. The molecule has 0 radical (unpaired) electrons. The monoisotopic (exact) mass is 262 g/mol. The minimum absolute atomic E-state index is 0.401. The van der Waals surface area contributed by atoms with Crippen LogP contribution in [-0.4, -0.2) is 28.6 Å². The van der Waals surface area contributed by atoms with Crippen molar-refractivity contribution in [3.05, 3.63) is 35.4 Å². The molecule has 1 aliphatic heterocycles. The highest BCUT2D eigenvalue weighted by molar-refractivity contribution is 5.24. The Labute approximate surface area is 116 Å². The number of nitrogens with two attached hydrogens (primary N) is 1. The number of hydrogen-bond acceptors (Lipinski definition) is 3. The highest BCUT2D eigenvalue weighted by Crippen LogP contribution is 2.28. The van der Waals surface area contributed by atoms with Gasteiger partial charge in [0.2, 0.25) is 0 Å². The molecule has 0 aromatic heterocycles. The molecule has 0 amide bonds. The van der Waals surface area contributed by atoms with E-state index in [4.69, 9.17) is 5.73 Å². The van der Waals surface area contributed by atoms with Gasteiger partial charge in [-0.2, -0.15) is 0 Å². The third kappa shape index (κ3) is 3.35. The van der Waals surface area contributed by atoms with Gasteiger partial charge in [0.15, 0.2) is 0 Å². The second-order valence-electron chi connectivity index (χ2n) is 5.65. The zero-order valence-electron chi connectivity index (χ0n) is 12.0. The lowest BCUT2D eigenvalue weighted by molar-refractivity contribution is 0.0860. The van der Waals surface area contributed by atoms with Crippen LogP contribution in [0.4, 0.5) is 0 Å². The second-order valence-corrected chi connectivity index (χ2v) is 5.65. The molecule has 19 heavy (non-hydrogen) atoms. The van der Waals surface area contributed by atoms with Crippen molar-refractivity contribution in [2.45, 2.75) is 57.8 Å². The maximum absolute atomic E-state index is 10.4. The fraction of sp³-hybridized carbons (Fsp3) is 0.625. The highest BCUT2D eigenvalue weighted by Gasteiger charge is 2.30.